The van der Waals surface area contributed by atoms with Crippen molar-refractivity contribution in [2.75, 3.05) is 68.2 Å². The third-order valence-electron chi connectivity index (χ3n) is 6.67. The van der Waals surface area contributed by atoms with Gasteiger partial charge in [-0.1, -0.05) is 0 Å². The zero-order chi connectivity index (χ0) is 20.9. The number of nitrogens with one attached hydrogen (secondary N) is 1. The first-order chi connectivity index (χ1) is 14.0. The van der Waals surface area contributed by atoms with Crippen LogP contribution in [0.4, 0.5) is 0 Å². The second kappa shape index (κ2) is 10.4. The molecule has 0 bridgehead atoms. The van der Waals surface area contributed by atoms with Gasteiger partial charge < -0.3 is 19.7 Å². The van der Waals surface area contributed by atoms with E-state index in [0.29, 0.717) is 5.92 Å². The van der Waals surface area contributed by atoms with E-state index in [-0.39, 0.29) is 5.41 Å². The van der Waals surface area contributed by atoms with Gasteiger partial charge in [-0.25, -0.2) is 0 Å². The van der Waals surface area contributed by atoms with E-state index in [1.807, 2.05) is 14.2 Å². The van der Waals surface area contributed by atoms with Crippen LogP contribution in [0.15, 0.2) is 0 Å². The molecule has 1 aromatic rings. The number of aromatic nitrogens is 2. The molecular formula is C22H41N5O2. The van der Waals surface area contributed by atoms with E-state index in [1.165, 1.54) is 29.8 Å². The molecule has 29 heavy (non-hydrogen) atoms. The zero-order valence-electron chi connectivity index (χ0n) is 19.2. The molecule has 0 spiro atoms. The van der Waals surface area contributed by atoms with Gasteiger partial charge in [-0.3, -0.25) is 9.58 Å². The van der Waals surface area contributed by atoms with Crippen LogP contribution >= 0.6 is 0 Å². The van der Waals surface area contributed by atoms with E-state index in [9.17, 15) is 0 Å². The van der Waals surface area contributed by atoms with Crippen LogP contribution in [-0.2, 0) is 29.1 Å². The van der Waals surface area contributed by atoms with Crippen LogP contribution in [-0.4, -0.2) is 87.8 Å². The average molecular weight is 408 g/mol. The van der Waals surface area contributed by atoms with Crippen molar-refractivity contribution in [3.05, 3.63) is 17.0 Å². The van der Waals surface area contributed by atoms with E-state index in [1.54, 1.807) is 0 Å². The summed E-state index contributed by atoms with van der Waals surface area (Å²) in [5.74, 6) is 0.595. The summed E-state index contributed by atoms with van der Waals surface area (Å²) >= 11 is 0. The van der Waals surface area contributed by atoms with Crippen molar-refractivity contribution >= 4 is 0 Å². The van der Waals surface area contributed by atoms with Crippen molar-refractivity contribution in [2.45, 2.75) is 51.2 Å². The topological polar surface area (TPSA) is 54.8 Å². The lowest BCUT2D eigenvalue weighted by molar-refractivity contribution is -0.0170. The second-order valence-corrected chi connectivity index (χ2v) is 9.39. The molecule has 0 radical (unpaired) electrons. The van der Waals surface area contributed by atoms with Gasteiger partial charge in [0.1, 0.15) is 0 Å². The Hall–Kier alpha value is -0.990. The molecule has 2 aliphatic rings. The van der Waals surface area contributed by atoms with Gasteiger partial charge in [-0.05, 0) is 52.7 Å². The molecule has 1 fully saturated rings. The number of nitrogens with zero attached hydrogens (tertiary/aromatic N) is 4. The molecule has 7 nitrogen and oxygen atoms in total. The van der Waals surface area contributed by atoms with Gasteiger partial charge in [0.15, 0.2) is 0 Å². The Balaban J connectivity index is 1.76. The lowest BCUT2D eigenvalue weighted by Crippen LogP contribution is -2.36. The Morgan fingerprint density at radius 3 is 2.41 bits per heavy atom. The van der Waals surface area contributed by atoms with Crippen molar-refractivity contribution in [2.24, 2.45) is 5.41 Å². The maximum Gasteiger partial charge on any atom is 0.0802 e. The van der Waals surface area contributed by atoms with Gasteiger partial charge in [0, 0.05) is 57.9 Å². The highest BCUT2D eigenvalue weighted by Gasteiger charge is 2.38. The van der Waals surface area contributed by atoms with E-state index < -0.39 is 0 Å². The molecule has 7 heteroatoms. The molecule has 2 heterocycles. The highest BCUT2D eigenvalue weighted by Crippen LogP contribution is 2.45. The fraction of sp³-hybridized carbons (Fsp3) is 0.864. The first-order valence-electron chi connectivity index (χ1n) is 11.1. The van der Waals surface area contributed by atoms with E-state index >= 15 is 0 Å². The Bertz CT molecular complexity index is 629. The number of ether oxygens (including phenoxy) is 2. The number of likely N-dealkylation sites (N-methyl/N-ethyl adjacent to an activating group) is 2. The van der Waals surface area contributed by atoms with Gasteiger partial charge >= 0.3 is 0 Å². The quantitative estimate of drug-likeness (QED) is 0.640. The molecule has 3 rings (SSSR count). The van der Waals surface area contributed by atoms with Gasteiger partial charge in [0.2, 0.25) is 0 Å². The van der Waals surface area contributed by atoms with Crippen LogP contribution in [0.2, 0.25) is 0 Å². The first-order valence-corrected chi connectivity index (χ1v) is 11.1. The predicted octanol–water partition coefficient (Wildman–Crippen LogP) is 1.92. The highest BCUT2D eigenvalue weighted by molar-refractivity contribution is 5.32. The van der Waals surface area contributed by atoms with Crippen LogP contribution in [0, 0.1) is 5.41 Å². The summed E-state index contributed by atoms with van der Waals surface area (Å²) in [7, 11) is 10.1. The van der Waals surface area contributed by atoms with Crippen molar-refractivity contribution in [1.82, 2.24) is 24.9 Å². The minimum Gasteiger partial charge on any atom is -0.384 e. The standard InChI is InChI=1S/C22H41N5O2/c1-25(2)12-13-26(3)15-19-21(20-14-23-10-11-27(20)24-19)18-6-8-22(9-7-18,16-28-4)17-29-5/h18,23H,6-17H2,1-5H3. The highest BCUT2D eigenvalue weighted by atomic mass is 16.5. The molecule has 0 aromatic carbocycles. The largest absolute Gasteiger partial charge is 0.384 e. The van der Waals surface area contributed by atoms with Crippen LogP contribution in [0.3, 0.4) is 0 Å². The maximum absolute atomic E-state index is 5.56. The SMILES string of the molecule is COCC1(COC)CCC(c2c(CN(C)CCN(C)C)nn3c2CNCC3)CC1. The molecule has 1 aliphatic heterocycles. The second-order valence-electron chi connectivity index (χ2n) is 9.39. The lowest BCUT2D eigenvalue weighted by atomic mass is 9.69. The van der Waals surface area contributed by atoms with Crippen LogP contribution in [0.5, 0.6) is 0 Å². The zero-order valence-corrected chi connectivity index (χ0v) is 19.2. The summed E-state index contributed by atoms with van der Waals surface area (Å²) in [5.41, 5.74) is 4.41. The number of rotatable bonds is 10. The fourth-order valence-electron chi connectivity index (χ4n) is 5.08. The minimum atomic E-state index is 0.175. The van der Waals surface area contributed by atoms with Gasteiger partial charge in [-0.2, -0.15) is 5.10 Å². The van der Waals surface area contributed by atoms with Crippen molar-refractivity contribution in [3.63, 3.8) is 0 Å². The Morgan fingerprint density at radius 1 is 1.10 bits per heavy atom. The average Bonchev–Trinajstić information content (AvgIpc) is 3.05. The number of fused-ring (bicyclic) bond motifs is 1. The van der Waals surface area contributed by atoms with E-state index in [2.05, 4.69) is 40.9 Å². The molecule has 1 aliphatic carbocycles. The summed E-state index contributed by atoms with van der Waals surface area (Å²) in [4.78, 5) is 4.65. The predicted molar refractivity (Wildman–Crippen MR) is 116 cm³/mol. The molecular weight excluding hydrogens is 366 g/mol. The summed E-state index contributed by atoms with van der Waals surface area (Å²) in [5, 5.41) is 8.64. The molecule has 0 saturated heterocycles. The third-order valence-corrected chi connectivity index (χ3v) is 6.67. The molecule has 166 valence electrons. The number of methoxy groups -OCH3 is 2. The molecule has 1 N–H and O–H groups in total. The Labute approximate surface area is 176 Å². The van der Waals surface area contributed by atoms with Crippen molar-refractivity contribution < 1.29 is 9.47 Å². The molecule has 1 saturated carbocycles. The minimum absolute atomic E-state index is 0.175. The summed E-state index contributed by atoms with van der Waals surface area (Å²) < 4.78 is 13.4. The molecule has 0 unspecified atom stereocenters. The summed E-state index contributed by atoms with van der Waals surface area (Å²) in [6.07, 6.45) is 4.71. The normalized spacial score (nSPS) is 19.8. The van der Waals surface area contributed by atoms with Crippen LogP contribution in [0.25, 0.3) is 0 Å². The lowest BCUT2D eigenvalue weighted by Gasteiger charge is -2.39. The first kappa shape index (κ1) is 22.7. The van der Waals surface area contributed by atoms with Crippen LogP contribution in [0.1, 0.15) is 48.6 Å². The molecule has 0 atom stereocenters. The Kier molecular flexibility index (Phi) is 8.10. The smallest absolute Gasteiger partial charge is 0.0802 e. The van der Waals surface area contributed by atoms with Crippen molar-refractivity contribution in [3.8, 4) is 0 Å². The van der Waals surface area contributed by atoms with Gasteiger partial charge in [0.25, 0.3) is 0 Å². The molecule has 1 aromatic heterocycles. The number of hydrogen-bond donors (Lipinski definition) is 1. The van der Waals surface area contributed by atoms with E-state index in [0.717, 1.165) is 65.3 Å². The fourth-order valence-corrected chi connectivity index (χ4v) is 5.08. The maximum atomic E-state index is 5.56. The monoisotopic (exact) mass is 407 g/mol. The third kappa shape index (κ3) is 5.58. The summed E-state index contributed by atoms with van der Waals surface area (Å²) in [6, 6.07) is 0. The Morgan fingerprint density at radius 2 is 1.79 bits per heavy atom. The van der Waals surface area contributed by atoms with Crippen LogP contribution < -0.4 is 5.32 Å². The van der Waals surface area contributed by atoms with Gasteiger partial charge in [0.05, 0.1) is 31.1 Å². The number of hydrogen-bond acceptors (Lipinski definition) is 6. The molecule has 0 amide bonds. The van der Waals surface area contributed by atoms with Gasteiger partial charge in [-0.15, -0.1) is 0 Å². The van der Waals surface area contributed by atoms with Crippen molar-refractivity contribution in [1.29, 1.82) is 0 Å². The van der Waals surface area contributed by atoms with E-state index in [4.69, 9.17) is 14.6 Å². The summed E-state index contributed by atoms with van der Waals surface area (Å²) in [6.45, 7) is 7.59.